The molecule has 0 unspecified atom stereocenters. The van der Waals surface area contributed by atoms with E-state index >= 15 is 0 Å². The molecule has 1 aliphatic heterocycles. The van der Waals surface area contributed by atoms with Crippen molar-refractivity contribution < 1.29 is 0 Å². The standard InChI is InChI=1S/C20H23N3O/c24-19-16-8-2-3-10-18(16)23(20-17(19)9-6-11-21-20)15-7-14-22-12-4-1-5-13-22/h2-3,6,8-11H,1,4-5,7,12-15H2. The van der Waals surface area contributed by atoms with E-state index in [0.717, 1.165) is 36.1 Å². The number of likely N-dealkylation sites (tertiary alicyclic amines) is 1. The van der Waals surface area contributed by atoms with Crippen LogP contribution in [-0.2, 0) is 6.54 Å². The van der Waals surface area contributed by atoms with Gasteiger partial charge in [-0.3, -0.25) is 4.79 Å². The second-order valence-electron chi connectivity index (χ2n) is 6.63. The maximum Gasteiger partial charge on any atom is 0.198 e. The third kappa shape index (κ3) is 2.82. The van der Waals surface area contributed by atoms with Gasteiger partial charge in [-0.2, -0.15) is 0 Å². The Bertz CT molecular complexity index is 850. The van der Waals surface area contributed by atoms with E-state index in [1.807, 2.05) is 36.4 Å². The third-order valence-corrected chi connectivity index (χ3v) is 5.03. The molecule has 0 amide bonds. The van der Waals surface area contributed by atoms with Gasteiger partial charge in [0.05, 0.1) is 10.9 Å². The Hall–Kier alpha value is -2.20. The van der Waals surface area contributed by atoms with Crippen molar-refractivity contribution in [2.24, 2.45) is 0 Å². The second kappa shape index (κ2) is 6.73. The maximum atomic E-state index is 12.7. The van der Waals surface area contributed by atoms with Crippen LogP contribution in [0, 0.1) is 0 Å². The molecule has 4 rings (SSSR count). The molecule has 4 heteroatoms. The molecule has 0 atom stereocenters. The number of aryl methyl sites for hydroxylation is 1. The summed E-state index contributed by atoms with van der Waals surface area (Å²) in [5.41, 5.74) is 1.88. The SMILES string of the molecule is O=c1c2ccccc2n(CCCN2CCCCC2)c2ncccc12. The second-order valence-corrected chi connectivity index (χ2v) is 6.63. The molecule has 1 aliphatic rings. The minimum Gasteiger partial charge on any atom is -0.325 e. The average Bonchev–Trinajstić information content (AvgIpc) is 2.65. The molecule has 2 aromatic heterocycles. The molecule has 24 heavy (non-hydrogen) atoms. The first-order valence-corrected chi connectivity index (χ1v) is 8.93. The Labute approximate surface area is 141 Å². The Morgan fingerprint density at radius 3 is 2.58 bits per heavy atom. The number of hydrogen-bond acceptors (Lipinski definition) is 3. The van der Waals surface area contributed by atoms with Gasteiger partial charge in [0.15, 0.2) is 5.43 Å². The lowest BCUT2D eigenvalue weighted by Crippen LogP contribution is -2.31. The summed E-state index contributed by atoms with van der Waals surface area (Å²) in [6.45, 7) is 4.47. The molecule has 1 fully saturated rings. The maximum absolute atomic E-state index is 12.7. The Kier molecular flexibility index (Phi) is 4.30. The van der Waals surface area contributed by atoms with Crippen molar-refractivity contribution in [2.45, 2.75) is 32.2 Å². The molecule has 0 saturated carbocycles. The zero-order chi connectivity index (χ0) is 16.4. The number of piperidine rings is 1. The highest BCUT2D eigenvalue weighted by Crippen LogP contribution is 2.18. The molecule has 1 saturated heterocycles. The van der Waals surface area contributed by atoms with E-state index in [0.29, 0.717) is 5.39 Å². The fourth-order valence-electron chi connectivity index (χ4n) is 3.81. The number of aromatic nitrogens is 2. The van der Waals surface area contributed by atoms with Gasteiger partial charge < -0.3 is 9.47 Å². The van der Waals surface area contributed by atoms with E-state index in [4.69, 9.17) is 0 Å². The van der Waals surface area contributed by atoms with Gasteiger partial charge in [0.25, 0.3) is 0 Å². The largest absolute Gasteiger partial charge is 0.325 e. The van der Waals surface area contributed by atoms with Crippen LogP contribution in [0.2, 0.25) is 0 Å². The number of nitrogens with zero attached hydrogens (tertiary/aromatic N) is 3. The van der Waals surface area contributed by atoms with Gasteiger partial charge in [0.1, 0.15) is 5.65 Å². The van der Waals surface area contributed by atoms with Crippen molar-refractivity contribution in [1.82, 2.24) is 14.5 Å². The first-order chi connectivity index (χ1) is 11.8. The number of fused-ring (bicyclic) bond motifs is 2. The van der Waals surface area contributed by atoms with Gasteiger partial charge in [-0.1, -0.05) is 18.6 Å². The van der Waals surface area contributed by atoms with Crippen LogP contribution >= 0.6 is 0 Å². The van der Waals surface area contributed by atoms with Crippen molar-refractivity contribution >= 4 is 21.9 Å². The summed E-state index contributed by atoms with van der Waals surface area (Å²) in [5, 5.41) is 1.50. The van der Waals surface area contributed by atoms with Crippen molar-refractivity contribution in [3.05, 3.63) is 52.8 Å². The molecule has 0 radical (unpaired) electrons. The zero-order valence-corrected chi connectivity index (χ0v) is 13.9. The molecule has 1 aromatic carbocycles. The van der Waals surface area contributed by atoms with Crippen LogP contribution in [0.4, 0.5) is 0 Å². The smallest absolute Gasteiger partial charge is 0.198 e. The number of para-hydroxylation sites is 1. The average molecular weight is 321 g/mol. The summed E-state index contributed by atoms with van der Waals surface area (Å²) in [5.74, 6) is 0. The van der Waals surface area contributed by atoms with Gasteiger partial charge in [-0.25, -0.2) is 4.98 Å². The Morgan fingerprint density at radius 1 is 0.917 bits per heavy atom. The van der Waals surface area contributed by atoms with Crippen LogP contribution in [-0.4, -0.2) is 34.1 Å². The molecule has 0 spiro atoms. The van der Waals surface area contributed by atoms with Crippen LogP contribution < -0.4 is 5.43 Å². The lowest BCUT2D eigenvalue weighted by Gasteiger charge is -2.26. The fourth-order valence-corrected chi connectivity index (χ4v) is 3.81. The van der Waals surface area contributed by atoms with Gasteiger partial charge in [-0.15, -0.1) is 0 Å². The summed E-state index contributed by atoms with van der Waals surface area (Å²) >= 11 is 0. The van der Waals surface area contributed by atoms with Crippen LogP contribution in [0.3, 0.4) is 0 Å². The number of hydrogen-bond donors (Lipinski definition) is 0. The van der Waals surface area contributed by atoms with E-state index < -0.39 is 0 Å². The molecule has 3 heterocycles. The predicted molar refractivity (Wildman–Crippen MR) is 98.4 cm³/mol. The molecule has 124 valence electrons. The summed E-state index contributed by atoms with van der Waals surface area (Å²) in [6.07, 6.45) is 6.88. The number of rotatable bonds is 4. The van der Waals surface area contributed by atoms with Crippen LogP contribution in [0.25, 0.3) is 21.9 Å². The van der Waals surface area contributed by atoms with E-state index in [-0.39, 0.29) is 5.43 Å². The highest BCUT2D eigenvalue weighted by molar-refractivity contribution is 5.91. The normalized spacial score (nSPS) is 16.0. The van der Waals surface area contributed by atoms with Gasteiger partial charge in [0, 0.05) is 18.1 Å². The molecule has 0 aliphatic carbocycles. The van der Waals surface area contributed by atoms with Crippen molar-refractivity contribution in [1.29, 1.82) is 0 Å². The predicted octanol–water partition coefficient (Wildman–Crippen LogP) is 3.43. The molecule has 3 aromatic rings. The van der Waals surface area contributed by atoms with E-state index in [1.165, 1.54) is 32.4 Å². The van der Waals surface area contributed by atoms with Crippen molar-refractivity contribution in [3.63, 3.8) is 0 Å². The van der Waals surface area contributed by atoms with Crippen molar-refractivity contribution in [2.75, 3.05) is 19.6 Å². The highest BCUT2D eigenvalue weighted by Gasteiger charge is 2.12. The van der Waals surface area contributed by atoms with Crippen molar-refractivity contribution in [3.8, 4) is 0 Å². The summed E-state index contributed by atoms with van der Waals surface area (Å²) in [7, 11) is 0. The van der Waals surface area contributed by atoms with Crippen LogP contribution in [0.15, 0.2) is 47.4 Å². The third-order valence-electron chi connectivity index (χ3n) is 5.03. The summed E-state index contributed by atoms with van der Waals surface area (Å²) < 4.78 is 2.22. The molecule has 0 N–H and O–H groups in total. The molecule has 4 nitrogen and oxygen atoms in total. The van der Waals surface area contributed by atoms with Crippen LogP contribution in [0.1, 0.15) is 25.7 Å². The van der Waals surface area contributed by atoms with Crippen LogP contribution in [0.5, 0.6) is 0 Å². The summed E-state index contributed by atoms with van der Waals surface area (Å²) in [4.78, 5) is 19.8. The van der Waals surface area contributed by atoms with Gasteiger partial charge in [0.2, 0.25) is 0 Å². The lowest BCUT2D eigenvalue weighted by atomic mass is 10.1. The number of pyridine rings is 2. The minimum atomic E-state index is 0.0842. The monoisotopic (exact) mass is 321 g/mol. The fraction of sp³-hybridized carbons (Fsp3) is 0.400. The lowest BCUT2D eigenvalue weighted by molar-refractivity contribution is 0.223. The zero-order valence-electron chi connectivity index (χ0n) is 13.9. The topological polar surface area (TPSA) is 38.1 Å². The first kappa shape index (κ1) is 15.3. The quantitative estimate of drug-likeness (QED) is 0.691. The molecular weight excluding hydrogens is 298 g/mol. The summed E-state index contributed by atoms with van der Waals surface area (Å²) in [6, 6.07) is 11.6. The molecular formula is C20H23N3O. The van der Waals surface area contributed by atoms with E-state index in [9.17, 15) is 4.79 Å². The first-order valence-electron chi connectivity index (χ1n) is 8.93. The molecule has 0 bridgehead atoms. The highest BCUT2D eigenvalue weighted by atomic mass is 16.1. The number of benzene rings is 1. The van der Waals surface area contributed by atoms with E-state index in [1.54, 1.807) is 6.20 Å². The Morgan fingerprint density at radius 2 is 1.71 bits per heavy atom. The van der Waals surface area contributed by atoms with Gasteiger partial charge in [-0.05, 0) is 63.2 Å². The Balaban J connectivity index is 1.69. The minimum absolute atomic E-state index is 0.0842. The van der Waals surface area contributed by atoms with Gasteiger partial charge >= 0.3 is 0 Å². The van der Waals surface area contributed by atoms with E-state index in [2.05, 4.69) is 14.5 Å².